The Hall–Kier alpha value is -4.28. The molecule has 0 bridgehead atoms. The largest absolute Gasteiger partial charge is 0.450 e. The highest BCUT2D eigenvalue weighted by molar-refractivity contribution is 6.01. The molecule has 1 atom stereocenters. The summed E-state index contributed by atoms with van der Waals surface area (Å²) in [6, 6.07) is 35.0. The second-order valence-corrected chi connectivity index (χ2v) is 8.74. The van der Waals surface area contributed by atoms with E-state index in [2.05, 4.69) is 0 Å². The lowest BCUT2D eigenvalue weighted by Gasteiger charge is -2.26. The molecule has 0 spiro atoms. The third-order valence-corrected chi connectivity index (χ3v) is 5.94. The molecule has 0 heterocycles. The molecule has 180 valence electrons. The minimum atomic E-state index is -2.17. The summed E-state index contributed by atoms with van der Waals surface area (Å²) < 4.78 is 5.94. The van der Waals surface area contributed by atoms with Crippen LogP contribution in [0.3, 0.4) is 0 Å². The van der Waals surface area contributed by atoms with Crippen molar-refractivity contribution in [3.63, 3.8) is 0 Å². The quantitative estimate of drug-likeness (QED) is 0.226. The molecule has 4 heteroatoms. The first kappa shape index (κ1) is 24.8. The molecule has 0 fully saturated rings. The van der Waals surface area contributed by atoms with Gasteiger partial charge in [0, 0.05) is 5.56 Å². The van der Waals surface area contributed by atoms with Gasteiger partial charge in [0.05, 0.1) is 6.42 Å². The highest BCUT2D eigenvalue weighted by Gasteiger charge is 2.39. The summed E-state index contributed by atoms with van der Waals surface area (Å²) in [5.74, 6) is -1.25. The van der Waals surface area contributed by atoms with Gasteiger partial charge in [0.15, 0.2) is 17.5 Å². The third-order valence-electron chi connectivity index (χ3n) is 5.94. The maximum Gasteiger partial charge on any atom is 0.343 e. The normalized spacial score (nSPS) is 12.9. The summed E-state index contributed by atoms with van der Waals surface area (Å²) in [6.07, 6.45) is 1.79. The molecule has 0 aliphatic rings. The molecule has 0 amide bonds. The average molecular weight is 477 g/mol. The van der Waals surface area contributed by atoms with Gasteiger partial charge in [-0.1, -0.05) is 127 Å². The summed E-state index contributed by atoms with van der Waals surface area (Å²) in [7, 11) is 0. The minimum absolute atomic E-state index is 0.358. The number of carbonyl (C=O) groups is 2. The predicted molar refractivity (Wildman–Crippen MR) is 141 cm³/mol. The van der Waals surface area contributed by atoms with Gasteiger partial charge in [-0.05, 0) is 29.7 Å². The van der Waals surface area contributed by atoms with Gasteiger partial charge in [-0.15, -0.1) is 0 Å². The van der Waals surface area contributed by atoms with E-state index >= 15 is 0 Å². The summed E-state index contributed by atoms with van der Waals surface area (Å²) in [4.78, 5) is 26.7. The molecule has 0 aliphatic heterocycles. The topological polar surface area (TPSA) is 63.6 Å². The number of ether oxygens (including phenoxy) is 1. The van der Waals surface area contributed by atoms with Crippen molar-refractivity contribution in [2.75, 3.05) is 0 Å². The number of hydrogen-bond acceptors (Lipinski definition) is 4. The van der Waals surface area contributed by atoms with Crippen LogP contribution in [0.4, 0.5) is 0 Å². The van der Waals surface area contributed by atoms with Gasteiger partial charge < -0.3 is 9.84 Å². The lowest BCUT2D eigenvalue weighted by atomic mass is 9.92. The van der Waals surface area contributed by atoms with Gasteiger partial charge in [0.2, 0.25) is 0 Å². The van der Waals surface area contributed by atoms with Crippen LogP contribution in [-0.4, -0.2) is 22.5 Å². The Morgan fingerprint density at radius 3 is 1.81 bits per heavy atom. The minimum Gasteiger partial charge on any atom is -0.450 e. The lowest BCUT2D eigenvalue weighted by Crippen LogP contribution is -2.41. The molecule has 4 rings (SSSR count). The standard InChI is InChI=1S/C32H28O4/c1-24-17-19-26(20-18-24)29(33)23-32(35,22-21-25-11-5-2-6-12-25)31(34)36-30(27-13-7-3-8-14-27)28-15-9-4-10-16-28/h2-22,30,35H,23H2,1H3/b22-21+/t32-/m1/s1. The van der Waals surface area contributed by atoms with E-state index in [1.807, 2.05) is 110 Å². The summed E-state index contributed by atoms with van der Waals surface area (Å²) in [6.45, 7) is 1.93. The Kier molecular flexibility index (Phi) is 7.89. The van der Waals surface area contributed by atoms with Crippen molar-refractivity contribution in [2.45, 2.75) is 25.0 Å². The molecular weight excluding hydrogens is 448 g/mol. The number of hydrogen-bond donors (Lipinski definition) is 1. The summed E-state index contributed by atoms with van der Waals surface area (Å²) >= 11 is 0. The molecule has 0 saturated carbocycles. The Morgan fingerprint density at radius 1 is 0.778 bits per heavy atom. The van der Waals surface area contributed by atoms with E-state index in [0.29, 0.717) is 5.56 Å². The van der Waals surface area contributed by atoms with E-state index in [-0.39, 0.29) is 5.78 Å². The Labute approximate surface area is 211 Å². The number of benzene rings is 4. The molecule has 1 N–H and O–H groups in total. The van der Waals surface area contributed by atoms with Gasteiger partial charge in [0.1, 0.15) is 0 Å². The predicted octanol–water partition coefficient (Wildman–Crippen LogP) is 6.35. The number of aryl methyl sites for hydroxylation is 1. The summed E-state index contributed by atoms with van der Waals surface area (Å²) in [5.41, 5.74) is 1.57. The van der Waals surface area contributed by atoms with E-state index in [1.165, 1.54) is 6.08 Å². The molecule has 4 aromatic rings. The van der Waals surface area contributed by atoms with Crippen LogP contribution in [0, 0.1) is 6.92 Å². The van der Waals surface area contributed by atoms with Crippen LogP contribution >= 0.6 is 0 Å². The SMILES string of the molecule is Cc1ccc(C(=O)C[C@](O)(/C=C/c2ccccc2)C(=O)OC(c2ccccc2)c2ccccc2)cc1. The number of rotatable bonds is 9. The highest BCUT2D eigenvalue weighted by Crippen LogP contribution is 2.30. The number of ketones is 1. The van der Waals surface area contributed by atoms with Crippen molar-refractivity contribution in [3.8, 4) is 0 Å². The van der Waals surface area contributed by atoms with Crippen LogP contribution in [0.1, 0.15) is 45.1 Å². The van der Waals surface area contributed by atoms with Gasteiger partial charge in [-0.25, -0.2) is 4.79 Å². The maximum atomic E-state index is 13.6. The Bertz CT molecular complexity index is 1270. The molecule has 0 radical (unpaired) electrons. The van der Waals surface area contributed by atoms with Crippen LogP contribution in [0.5, 0.6) is 0 Å². The molecular formula is C32H28O4. The Balaban J connectivity index is 1.67. The zero-order chi connectivity index (χ0) is 25.4. The van der Waals surface area contributed by atoms with E-state index in [4.69, 9.17) is 4.74 Å². The van der Waals surface area contributed by atoms with Crippen LogP contribution in [0.15, 0.2) is 121 Å². The number of aliphatic hydroxyl groups is 1. The van der Waals surface area contributed by atoms with Crippen molar-refractivity contribution >= 4 is 17.8 Å². The number of esters is 1. The van der Waals surface area contributed by atoms with E-state index in [9.17, 15) is 14.7 Å². The maximum absolute atomic E-state index is 13.6. The molecule has 0 unspecified atom stereocenters. The zero-order valence-electron chi connectivity index (χ0n) is 20.1. The van der Waals surface area contributed by atoms with Crippen molar-refractivity contribution in [1.29, 1.82) is 0 Å². The monoisotopic (exact) mass is 476 g/mol. The average Bonchev–Trinajstić information content (AvgIpc) is 2.92. The zero-order valence-corrected chi connectivity index (χ0v) is 20.1. The fraction of sp³-hybridized carbons (Fsp3) is 0.125. The van der Waals surface area contributed by atoms with Crippen molar-refractivity contribution in [3.05, 3.63) is 149 Å². The van der Waals surface area contributed by atoms with Crippen LogP contribution in [-0.2, 0) is 9.53 Å². The van der Waals surface area contributed by atoms with Crippen LogP contribution in [0.25, 0.3) is 6.08 Å². The lowest BCUT2D eigenvalue weighted by molar-refractivity contribution is -0.164. The smallest absolute Gasteiger partial charge is 0.343 e. The van der Waals surface area contributed by atoms with Crippen molar-refractivity contribution in [2.24, 2.45) is 0 Å². The van der Waals surface area contributed by atoms with Crippen molar-refractivity contribution in [1.82, 2.24) is 0 Å². The first-order valence-electron chi connectivity index (χ1n) is 11.8. The number of Topliss-reactive ketones (excluding diaryl/α,β-unsaturated/α-hetero) is 1. The molecule has 0 saturated heterocycles. The molecule has 4 nitrogen and oxygen atoms in total. The van der Waals surface area contributed by atoms with Gasteiger partial charge >= 0.3 is 5.97 Å². The van der Waals surface area contributed by atoms with Gasteiger partial charge in [-0.2, -0.15) is 0 Å². The van der Waals surface area contributed by atoms with Crippen LogP contribution in [0.2, 0.25) is 0 Å². The van der Waals surface area contributed by atoms with Gasteiger partial charge in [-0.3, -0.25) is 4.79 Å². The molecule has 36 heavy (non-hydrogen) atoms. The van der Waals surface area contributed by atoms with Crippen LogP contribution < -0.4 is 0 Å². The number of carbonyl (C=O) groups excluding carboxylic acids is 2. The second-order valence-electron chi connectivity index (χ2n) is 8.74. The Morgan fingerprint density at radius 2 is 1.28 bits per heavy atom. The first-order chi connectivity index (χ1) is 17.4. The highest BCUT2D eigenvalue weighted by atomic mass is 16.6. The van der Waals surface area contributed by atoms with Crippen molar-refractivity contribution < 1.29 is 19.4 Å². The molecule has 0 aromatic heterocycles. The first-order valence-corrected chi connectivity index (χ1v) is 11.8. The summed E-state index contributed by atoms with van der Waals surface area (Å²) in [5, 5.41) is 11.6. The van der Waals surface area contributed by atoms with E-state index in [1.54, 1.807) is 18.2 Å². The molecule has 4 aromatic carbocycles. The fourth-order valence-electron chi connectivity index (χ4n) is 3.88. The fourth-order valence-corrected chi connectivity index (χ4v) is 3.88. The third kappa shape index (κ3) is 6.23. The molecule has 0 aliphatic carbocycles. The van der Waals surface area contributed by atoms with E-state index in [0.717, 1.165) is 22.3 Å². The van der Waals surface area contributed by atoms with Gasteiger partial charge in [0.25, 0.3) is 0 Å². The van der Waals surface area contributed by atoms with E-state index < -0.39 is 24.1 Å². The second kappa shape index (κ2) is 11.4.